The van der Waals surface area contributed by atoms with E-state index in [4.69, 9.17) is 0 Å². The smallest absolute Gasteiger partial charge is 0.350 e. The number of nitrogens with one attached hydrogen (secondary N) is 1. The van der Waals surface area contributed by atoms with Crippen LogP contribution in [-0.4, -0.2) is 33.2 Å². The zero-order chi connectivity index (χ0) is 17.9. The first kappa shape index (κ1) is 16.4. The summed E-state index contributed by atoms with van der Waals surface area (Å²) in [6.07, 6.45) is 5.23. The molecule has 0 atom stereocenters. The summed E-state index contributed by atoms with van der Waals surface area (Å²) < 4.78 is 2.61. The van der Waals surface area contributed by atoms with Gasteiger partial charge >= 0.3 is 5.69 Å². The Bertz CT molecular complexity index is 985. The lowest BCUT2D eigenvalue weighted by Gasteiger charge is -2.30. The second-order valence-electron chi connectivity index (χ2n) is 6.48. The van der Waals surface area contributed by atoms with Crippen molar-refractivity contribution in [2.45, 2.75) is 25.8 Å². The van der Waals surface area contributed by atoms with Crippen molar-refractivity contribution in [1.82, 2.24) is 14.2 Å². The normalized spacial score (nSPS) is 14.5. The number of pyridine rings is 1. The van der Waals surface area contributed by atoms with Crippen molar-refractivity contribution in [3.63, 3.8) is 0 Å². The Hall–Kier alpha value is -3.09. The fourth-order valence-electron chi connectivity index (χ4n) is 3.39. The minimum atomic E-state index is -0.319. The zero-order valence-corrected chi connectivity index (χ0v) is 14.5. The molecular formula is C19H21N5O2. The molecule has 1 N–H and O–H groups in total. The molecular weight excluding hydrogens is 330 g/mol. The molecule has 0 saturated carbocycles. The topological polar surface area (TPSA) is 71.6 Å². The Kier molecular flexibility index (Phi) is 4.43. The largest absolute Gasteiger partial charge is 0.370 e. The Morgan fingerprint density at radius 2 is 1.81 bits per heavy atom. The van der Waals surface area contributed by atoms with Crippen molar-refractivity contribution in [1.29, 1.82) is 0 Å². The SMILES string of the molecule is O=C(Cn1nc2ccccn2c1=O)Nc1ccccc1N1CCCCC1. The van der Waals surface area contributed by atoms with Gasteiger partial charge in [0.1, 0.15) is 6.54 Å². The third-order valence-corrected chi connectivity index (χ3v) is 4.66. The van der Waals surface area contributed by atoms with Crippen molar-refractivity contribution in [3.8, 4) is 0 Å². The van der Waals surface area contributed by atoms with E-state index in [2.05, 4.69) is 15.3 Å². The Morgan fingerprint density at radius 3 is 2.62 bits per heavy atom. The highest BCUT2D eigenvalue weighted by Crippen LogP contribution is 2.28. The van der Waals surface area contributed by atoms with Crippen LogP contribution in [0.4, 0.5) is 11.4 Å². The van der Waals surface area contributed by atoms with Gasteiger partial charge in [0, 0.05) is 19.3 Å². The maximum absolute atomic E-state index is 12.5. The predicted molar refractivity (Wildman–Crippen MR) is 101 cm³/mol. The predicted octanol–water partition coefficient (Wildman–Crippen LogP) is 2.12. The highest BCUT2D eigenvalue weighted by Gasteiger charge is 2.16. The molecule has 0 bridgehead atoms. The fraction of sp³-hybridized carbons (Fsp3) is 0.316. The van der Waals surface area contributed by atoms with Crippen molar-refractivity contribution >= 4 is 22.9 Å². The van der Waals surface area contributed by atoms with E-state index in [0.717, 1.165) is 24.5 Å². The molecule has 0 unspecified atom stereocenters. The van der Waals surface area contributed by atoms with Crippen LogP contribution in [0.5, 0.6) is 0 Å². The minimum absolute atomic E-state index is 0.116. The molecule has 3 aromatic rings. The highest BCUT2D eigenvalue weighted by atomic mass is 16.2. The number of amides is 1. The van der Waals surface area contributed by atoms with Crippen LogP contribution < -0.4 is 15.9 Å². The summed E-state index contributed by atoms with van der Waals surface area (Å²) in [5.74, 6) is -0.264. The number of piperidine rings is 1. The first-order valence-electron chi connectivity index (χ1n) is 8.90. The number of carbonyl (C=O) groups is 1. The van der Waals surface area contributed by atoms with Crippen molar-refractivity contribution in [2.24, 2.45) is 0 Å². The number of nitrogens with zero attached hydrogens (tertiary/aromatic N) is 4. The van der Waals surface area contributed by atoms with Gasteiger partial charge in [-0.1, -0.05) is 18.2 Å². The number of hydrogen-bond acceptors (Lipinski definition) is 4. The monoisotopic (exact) mass is 351 g/mol. The molecule has 1 aliphatic rings. The molecule has 1 fully saturated rings. The van der Waals surface area contributed by atoms with Crippen LogP contribution in [0.3, 0.4) is 0 Å². The summed E-state index contributed by atoms with van der Waals surface area (Å²) in [5.41, 5.74) is 2.01. The molecule has 1 amide bonds. The zero-order valence-electron chi connectivity index (χ0n) is 14.5. The lowest BCUT2D eigenvalue weighted by molar-refractivity contribution is -0.117. The van der Waals surface area contributed by atoms with Gasteiger partial charge in [0.15, 0.2) is 5.65 Å². The summed E-state index contributed by atoms with van der Waals surface area (Å²) in [7, 11) is 0. The van der Waals surface area contributed by atoms with Gasteiger partial charge in [-0.05, 0) is 43.5 Å². The summed E-state index contributed by atoms with van der Waals surface area (Å²) in [6, 6.07) is 13.1. The number of para-hydroxylation sites is 2. The standard InChI is InChI=1S/C19H21N5O2/c25-18(14-24-19(26)23-13-7-4-10-17(23)21-24)20-15-8-2-3-9-16(15)22-11-5-1-6-12-22/h2-4,7-10,13H,1,5-6,11-12,14H2,(H,20,25). The molecule has 0 radical (unpaired) electrons. The molecule has 7 nitrogen and oxygen atoms in total. The fourth-order valence-corrected chi connectivity index (χ4v) is 3.39. The average molecular weight is 351 g/mol. The van der Waals surface area contributed by atoms with Crippen LogP contribution >= 0.6 is 0 Å². The molecule has 4 rings (SSSR count). The van der Waals surface area contributed by atoms with E-state index in [0.29, 0.717) is 5.65 Å². The quantitative estimate of drug-likeness (QED) is 0.782. The first-order valence-corrected chi connectivity index (χ1v) is 8.90. The maximum atomic E-state index is 12.5. The van der Waals surface area contributed by atoms with Crippen LogP contribution in [0.1, 0.15) is 19.3 Å². The van der Waals surface area contributed by atoms with Gasteiger partial charge in [-0.3, -0.25) is 9.20 Å². The minimum Gasteiger partial charge on any atom is -0.370 e. The van der Waals surface area contributed by atoms with Crippen molar-refractivity contribution in [3.05, 3.63) is 59.1 Å². The molecule has 1 aliphatic heterocycles. The number of hydrogen-bond donors (Lipinski definition) is 1. The van der Waals surface area contributed by atoms with E-state index < -0.39 is 0 Å². The number of aromatic nitrogens is 3. The molecule has 7 heteroatoms. The van der Waals surface area contributed by atoms with E-state index in [1.54, 1.807) is 24.4 Å². The molecule has 0 aliphatic carbocycles. The maximum Gasteiger partial charge on any atom is 0.350 e. The second-order valence-corrected chi connectivity index (χ2v) is 6.48. The summed E-state index contributed by atoms with van der Waals surface area (Å²) in [4.78, 5) is 27.1. The molecule has 2 aromatic heterocycles. The average Bonchev–Trinajstić information content (AvgIpc) is 2.99. The van der Waals surface area contributed by atoms with Crippen LogP contribution in [0.15, 0.2) is 53.5 Å². The Labute approximate surface area is 150 Å². The van der Waals surface area contributed by atoms with Crippen molar-refractivity contribution in [2.75, 3.05) is 23.3 Å². The van der Waals surface area contributed by atoms with Gasteiger partial charge in [0.05, 0.1) is 11.4 Å². The number of carbonyl (C=O) groups excluding carboxylic acids is 1. The van der Waals surface area contributed by atoms with E-state index in [1.165, 1.54) is 28.3 Å². The molecule has 0 spiro atoms. The number of rotatable bonds is 4. The van der Waals surface area contributed by atoms with E-state index >= 15 is 0 Å². The lowest BCUT2D eigenvalue weighted by Crippen LogP contribution is -2.31. The van der Waals surface area contributed by atoms with Crippen LogP contribution in [0.2, 0.25) is 0 Å². The number of fused-ring (bicyclic) bond motifs is 1. The van der Waals surface area contributed by atoms with Crippen LogP contribution in [0.25, 0.3) is 5.65 Å². The van der Waals surface area contributed by atoms with Crippen LogP contribution in [-0.2, 0) is 11.3 Å². The van der Waals surface area contributed by atoms with Gasteiger partial charge in [0.2, 0.25) is 5.91 Å². The second kappa shape index (κ2) is 7.03. The van der Waals surface area contributed by atoms with Gasteiger partial charge in [-0.2, -0.15) is 0 Å². The third-order valence-electron chi connectivity index (χ3n) is 4.66. The molecule has 26 heavy (non-hydrogen) atoms. The molecule has 1 aromatic carbocycles. The van der Waals surface area contributed by atoms with E-state index in [-0.39, 0.29) is 18.1 Å². The van der Waals surface area contributed by atoms with E-state index in [1.807, 2.05) is 24.3 Å². The van der Waals surface area contributed by atoms with E-state index in [9.17, 15) is 9.59 Å². The number of anilines is 2. The highest BCUT2D eigenvalue weighted by molar-refractivity contribution is 5.94. The summed E-state index contributed by atoms with van der Waals surface area (Å²) in [5, 5.41) is 7.14. The van der Waals surface area contributed by atoms with Gasteiger partial charge in [-0.15, -0.1) is 5.10 Å². The van der Waals surface area contributed by atoms with Crippen molar-refractivity contribution < 1.29 is 4.79 Å². The van der Waals surface area contributed by atoms with Gasteiger partial charge in [-0.25, -0.2) is 9.48 Å². The molecule has 3 heterocycles. The van der Waals surface area contributed by atoms with Gasteiger partial charge < -0.3 is 10.2 Å². The molecule has 1 saturated heterocycles. The summed E-state index contributed by atoms with van der Waals surface area (Å²) >= 11 is 0. The lowest BCUT2D eigenvalue weighted by atomic mass is 10.1. The Balaban J connectivity index is 1.53. The molecule has 134 valence electrons. The first-order chi connectivity index (χ1) is 12.7. The number of benzene rings is 1. The summed E-state index contributed by atoms with van der Waals surface area (Å²) in [6.45, 7) is 1.88. The van der Waals surface area contributed by atoms with Crippen LogP contribution in [0, 0.1) is 0 Å². The third kappa shape index (κ3) is 3.20. The van der Waals surface area contributed by atoms with Gasteiger partial charge in [0.25, 0.3) is 0 Å². The Morgan fingerprint density at radius 1 is 1.04 bits per heavy atom.